The van der Waals surface area contributed by atoms with Crippen LogP contribution in [0.1, 0.15) is 37.0 Å². The minimum Gasteiger partial charge on any atom is -0.454 e. The predicted molar refractivity (Wildman–Crippen MR) is 88.6 cm³/mol. The first kappa shape index (κ1) is 14.7. The molecule has 0 amide bonds. The summed E-state index contributed by atoms with van der Waals surface area (Å²) in [4.78, 5) is 9.11. The quantitative estimate of drug-likeness (QED) is 0.738. The van der Waals surface area contributed by atoms with Gasteiger partial charge in [-0.25, -0.2) is 9.97 Å². The second kappa shape index (κ2) is 5.96. The summed E-state index contributed by atoms with van der Waals surface area (Å²) >= 11 is 0. The van der Waals surface area contributed by atoms with Crippen molar-refractivity contribution in [2.24, 2.45) is 0 Å². The molecule has 3 aromatic rings. The van der Waals surface area contributed by atoms with E-state index >= 15 is 0 Å². The molecule has 0 bridgehead atoms. The van der Waals surface area contributed by atoms with Crippen LogP contribution in [0, 0.1) is 0 Å². The van der Waals surface area contributed by atoms with Crippen LogP contribution in [0.25, 0.3) is 5.82 Å². The molecule has 0 saturated heterocycles. The van der Waals surface area contributed by atoms with Gasteiger partial charge < -0.3 is 9.47 Å². The van der Waals surface area contributed by atoms with Gasteiger partial charge in [-0.1, -0.05) is 26.0 Å². The van der Waals surface area contributed by atoms with Crippen molar-refractivity contribution in [3.05, 3.63) is 59.8 Å². The SMILES string of the molecule is CC(C)c1nc(Cc2ccc3c(c2)OCO3)n(-c2ccccn2)n1. The van der Waals surface area contributed by atoms with E-state index in [-0.39, 0.29) is 12.7 Å². The normalized spacial score (nSPS) is 12.8. The number of nitrogens with zero attached hydrogens (tertiary/aromatic N) is 4. The summed E-state index contributed by atoms with van der Waals surface area (Å²) in [6.45, 7) is 4.45. The summed E-state index contributed by atoms with van der Waals surface area (Å²) in [5, 5.41) is 4.64. The molecule has 4 rings (SSSR count). The lowest BCUT2D eigenvalue weighted by molar-refractivity contribution is 0.174. The Kier molecular flexibility index (Phi) is 3.65. The van der Waals surface area contributed by atoms with Gasteiger partial charge in [0.05, 0.1) is 0 Å². The molecule has 0 spiro atoms. The Morgan fingerprint density at radius 3 is 2.79 bits per heavy atom. The molecule has 0 unspecified atom stereocenters. The van der Waals surface area contributed by atoms with Crippen molar-refractivity contribution in [3.63, 3.8) is 0 Å². The minimum absolute atomic E-state index is 0.255. The van der Waals surface area contributed by atoms with Crippen LogP contribution in [-0.2, 0) is 6.42 Å². The van der Waals surface area contributed by atoms with Crippen molar-refractivity contribution >= 4 is 0 Å². The van der Waals surface area contributed by atoms with Gasteiger partial charge in [-0.15, -0.1) is 5.10 Å². The van der Waals surface area contributed by atoms with Gasteiger partial charge in [0.25, 0.3) is 0 Å². The zero-order chi connectivity index (χ0) is 16.5. The second-order valence-corrected chi connectivity index (χ2v) is 6.01. The van der Waals surface area contributed by atoms with E-state index in [0.717, 1.165) is 34.5 Å². The van der Waals surface area contributed by atoms with Gasteiger partial charge in [-0.3, -0.25) is 0 Å². The second-order valence-electron chi connectivity index (χ2n) is 6.01. The molecule has 1 aromatic carbocycles. The van der Waals surface area contributed by atoms with Crippen LogP contribution in [0.4, 0.5) is 0 Å². The smallest absolute Gasteiger partial charge is 0.231 e. The van der Waals surface area contributed by atoms with E-state index < -0.39 is 0 Å². The molecule has 6 nitrogen and oxygen atoms in total. The fraction of sp³-hybridized carbons (Fsp3) is 0.278. The molecule has 1 aliphatic heterocycles. The Labute approximate surface area is 140 Å². The number of hydrogen-bond donors (Lipinski definition) is 0. The van der Waals surface area contributed by atoms with Crippen LogP contribution < -0.4 is 9.47 Å². The van der Waals surface area contributed by atoms with Crippen LogP contribution in [0.2, 0.25) is 0 Å². The molecule has 0 saturated carbocycles. The molecular weight excluding hydrogens is 304 g/mol. The van der Waals surface area contributed by atoms with Crippen molar-refractivity contribution < 1.29 is 9.47 Å². The fourth-order valence-corrected chi connectivity index (χ4v) is 2.62. The summed E-state index contributed by atoms with van der Waals surface area (Å²) in [5.41, 5.74) is 1.10. The van der Waals surface area contributed by atoms with Crippen LogP contribution in [0.5, 0.6) is 11.5 Å². The number of fused-ring (bicyclic) bond motifs is 1. The molecular formula is C18H18N4O2. The van der Waals surface area contributed by atoms with E-state index in [9.17, 15) is 0 Å². The molecule has 0 atom stereocenters. The Bertz CT molecular complexity index is 859. The molecule has 122 valence electrons. The highest BCUT2D eigenvalue weighted by Crippen LogP contribution is 2.33. The minimum atomic E-state index is 0.255. The van der Waals surface area contributed by atoms with Gasteiger partial charge in [-0.05, 0) is 29.8 Å². The maximum absolute atomic E-state index is 5.46. The van der Waals surface area contributed by atoms with Gasteiger partial charge >= 0.3 is 0 Å². The Morgan fingerprint density at radius 1 is 1.12 bits per heavy atom. The first-order valence-corrected chi connectivity index (χ1v) is 7.96. The lowest BCUT2D eigenvalue weighted by atomic mass is 10.1. The van der Waals surface area contributed by atoms with Crippen molar-refractivity contribution in [2.75, 3.05) is 6.79 Å². The number of hydrogen-bond acceptors (Lipinski definition) is 5. The molecule has 1 aliphatic rings. The van der Waals surface area contributed by atoms with Crippen molar-refractivity contribution in [1.29, 1.82) is 0 Å². The molecule has 24 heavy (non-hydrogen) atoms. The standard InChI is InChI=1S/C18H18N4O2/c1-12(2)18-20-17(22(21-18)16-5-3-4-8-19-16)10-13-6-7-14-15(9-13)24-11-23-14/h3-9,12H,10-11H2,1-2H3. The lowest BCUT2D eigenvalue weighted by Crippen LogP contribution is -2.05. The number of pyridine rings is 1. The molecule has 2 aromatic heterocycles. The number of benzene rings is 1. The largest absolute Gasteiger partial charge is 0.454 e. The third kappa shape index (κ3) is 2.71. The topological polar surface area (TPSA) is 62.1 Å². The Hall–Kier alpha value is -2.89. The van der Waals surface area contributed by atoms with E-state index in [4.69, 9.17) is 14.5 Å². The van der Waals surface area contributed by atoms with Crippen molar-refractivity contribution in [2.45, 2.75) is 26.2 Å². The summed E-state index contributed by atoms with van der Waals surface area (Å²) in [6.07, 6.45) is 2.41. The summed E-state index contributed by atoms with van der Waals surface area (Å²) in [6, 6.07) is 11.7. The highest BCUT2D eigenvalue weighted by atomic mass is 16.7. The maximum Gasteiger partial charge on any atom is 0.231 e. The van der Waals surface area contributed by atoms with Gasteiger partial charge in [0.15, 0.2) is 23.1 Å². The predicted octanol–water partition coefficient (Wildman–Crippen LogP) is 3.11. The molecule has 3 heterocycles. The number of ether oxygens (including phenoxy) is 2. The fourth-order valence-electron chi connectivity index (χ4n) is 2.62. The maximum atomic E-state index is 5.46. The first-order valence-electron chi connectivity index (χ1n) is 7.96. The van der Waals surface area contributed by atoms with E-state index in [2.05, 4.69) is 23.9 Å². The molecule has 0 fully saturated rings. The molecule has 6 heteroatoms. The molecule has 0 aliphatic carbocycles. The van der Waals surface area contributed by atoms with Crippen molar-refractivity contribution in [3.8, 4) is 17.3 Å². The summed E-state index contributed by atoms with van der Waals surface area (Å²) in [7, 11) is 0. The van der Waals surface area contributed by atoms with Crippen LogP contribution >= 0.6 is 0 Å². The highest BCUT2D eigenvalue weighted by molar-refractivity contribution is 5.45. The van der Waals surface area contributed by atoms with Gasteiger partial charge in [-0.2, -0.15) is 4.68 Å². The van der Waals surface area contributed by atoms with Crippen LogP contribution in [0.15, 0.2) is 42.6 Å². The number of aromatic nitrogens is 4. The first-order chi connectivity index (χ1) is 11.7. The van der Waals surface area contributed by atoms with E-state index in [1.165, 1.54) is 0 Å². The Balaban J connectivity index is 1.71. The van der Waals surface area contributed by atoms with E-state index in [1.807, 2.05) is 41.1 Å². The van der Waals surface area contributed by atoms with E-state index in [1.54, 1.807) is 6.20 Å². The Morgan fingerprint density at radius 2 is 2.00 bits per heavy atom. The molecule has 0 N–H and O–H groups in total. The van der Waals surface area contributed by atoms with Gasteiger partial charge in [0, 0.05) is 18.5 Å². The number of rotatable bonds is 4. The third-order valence-corrected chi connectivity index (χ3v) is 3.87. The zero-order valence-electron chi connectivity index (χ0n) is 13.6. The van der Waals surface area contributed by atoms with Crippen LogP contribution in [-0.4, -0.2) is 26.5 Å². The lowest BCUT2D eigenvalue weighted by Gasteiger charge is -2.05. The van der Waals surface area contributed by atoms with E-state index in [0.29, 0.717) is 6.42 Å². The van der Waals surface area contributed by atoms with Crippen molar-refractivity contribution in [1.82, 2.24) is 19.7 Å². The summed E-state index contributed by atoms with van der Waals surface area (Å²) < 4.78 is 12.6. The zero-order valence-corrected chi connectivity index (χ0v) is 13.6. The highest BCUT2D eigenvalue weighted by Gasteiger charge is 2.17. The van der Waals surface area contributed by atoms with Gasteiger partial charge in [0.2, 0.25) is 6.79 Å². The van der Waals surface area contributed by atoms with Crippen LogP contribution in [0.3, 0.4) is 0 Å². The molecule has 0 radical (unpaired) electrons. The average molecular weight is 322 g/mol. The monoisotopic (exact) mass is 322 g/mol. The summed E-state index contributed by atoms with van der Waals surface area (Å²) in [5.74, 6) is 4.26. The van der Waals surface area contributed by atoms with Gasteiger partial charge in [0.1, 0.15) is 5.82 Å². The third-order valence-electron chi connectivity index (χ3n) is 3.87. The average Bonchev–Trinajstić information content (AvgIpc) is 3.22.